The van der Waals surface area contributed by atoms with Crippen LogP contribution in [0.1, 0.15) is 44.0 Å². The summed E-state index contributed by atoms with van der Waals surface area (Å²) in [4.78, 5) is 39.8. The summed E-state index contributed by atoms with van der Waals surface area (Å²) in [6.07, 6.45) is 2.08. The van der Waals surface area contributed by atoms with Crippen LogP contribution in [0.2, 0.25) is 5.02 Å². The first-order chi connectivity index (χ1) is 13.4. The molecule has 0 aliphatic carbocycles. The van der Waals surface area contributed by atoms with Gasteiger partial charge in [-0.1, -0.05) is 23.7 Å². The highest BCUT2D eigenvalue weighted by Gasteiger charge is 2.29. The first-order valence-corrected chi connectivity index (χ1v) is 10.2. The van der Waals surface area contributed by atoms with Gasteiger partial charge >= 0.3 is 5.97 Å². The lowest BCUT2D eigenvalue weighted by Gasteiger charge is -2.14. The first kappa shape index (κ1) is 20.4. The third-order valence-electron chi connectivity index (χ3n) is 4.65. The number of nitrogens with one attached hydrogen (secondary N) is 1. The maximum absolute atomic E-state index is 12.8. The van der Waals surface area contributed by atoms with Crippen molar-refractivity contribution in [1.29, 1.82) is 0 Å². The van der Waals surface area contributed by atoms with Gasteiger partial charge in [-0.2, -0.15) is 0 Å². The molecule has 1 aromatic heterocycles. The Morgan fingerprint density at radius 3 is 2.43 bits per heavy atom. The predicted molar refractivity (Wildman–Crippen MR) is 109 cm³/mol. The number of carbonyl (C=O) groups is 3. The van der Waals surface area contributed by atoms with Crippen LogP contribution in [-0.2, 0) is 16.0 Å². The lowest BCUT2D eigenvalue weighted by molar-refractivity contribution is -0.115. The zero-order valence-electron chi connectivity index (χ0n) is 15.7. The summed E-state index contributed by atoms with van der Waals surface area (Å²) >= 11 is 6.99. The van der Waals surface area contributed by atoms with Gasteiger partial charge in [0.25, 0.3) is 5.91 Å². The Labute approximate surface area is 172 Å². The summed E-state index contributed by atoms with van der Waals surface area (Å²) in [6, 6.07) is 6.97. The van der Waals surface area contributed by atoms with Crippen LogP contribution in [0.25, 0.3) is 0 Å². The van der Waals surface area contributed by atoms with Gasteiger partial charge in [0.15, 0.2) is 0 Å². The monoisotopic (exact) mass is 420 g/mol. The molecule has 28 heavy (non-hydrogen) atoms. The molecule has 6 nitrogen and oxygen atoms in total. The Morgan fingerprint density at radius 1 is 1.18 bits per heavy atom. The van der Waals surface area contributed by atoms with E-state index in [0.29, 0.717) is 33.6 Å². The van der Waals surface area contributed by atoms with Crippen LogP contribution in [0.4, 0.5) is 5.00 Å². The van der Waals surface area contributed by atoms with Crippen molar-refractivity contribution in [2.75, 3.05) is 25.5 Å². The Kier molecular flexibility index (Phi) is 6.36. The van der Waals surface area contributed by atoms with Crippen molar-refractivity contribution in [3.8, 4) is 0 Å². The fourth-order valence-corrected chi connectivity index (χ4v) is 4.48. The van der Waals surface area contributed by atoms with Gasteiger partial charge in [-0.05, 0) is 43.0 Å². The Hall–Kier alpha value is -2.38. The van der Waals surface area contributed by atoms with Crippen LogP contribution in [0.3, 0.4) is 0 Å². The van der Waals surface area contributed by atoms with Gasteiger partial charge in [0, 0.05) is 18.1 Å². The standard InChI is InChI=1S/C20H21ClN2O4S/c1-12-16(20(26)27-2)18(28-17(12)19(25)23-9-3-4-10-23)22-15(24)11-13-5-7-14(21)8-6-13/h5-8H,3-4,9-11H2,1-2H3,(H,22,24). The summed E-state index contributed by atoms with van der Waals surface area (Å²) in [5.41, 5.74) is 1.57. The van der Waals surface area contributed by atoms with Crippen LogP contribution >= 0.6 is 22.9 Å². The average molecular weight is 421 g/mol. The number of halogens is 1. The van der Waals surface area contributed by atoms with Crippen LogP contribution < -0.4 is 5.32 Å². The fourth-order valence-electron chi connectivity index (χ4n) is 3.18. The lowest BCUT2D eigenvalue weighted by atomic mass is 10.1. The third-order valence-corrected chi connectivity index (χ3v) is 6.10. The minimum Gasteiger partial charge on any atom is -0.465 e. The Bertz CT molecular complexity index is 902. The minimum absolute atomic E-state index is 0.108. The number of nitrogens with zero attached hydrogens (tertiary/aromatic N) is 1. The molecule has 1 aromatic carbocycles. The molecule has 1 N–H and O–H groups in total. The zero-order valence-corrected chi connectivity index (χ0v) is 17.3. The van der Waals surface area contributed by atoms with Gasteiger partial charge in [0.2, 0.25) is 5.91 Å². The molecule has 2 amide bonds. The molecule has 0 saturated carbocycles. The molecule has 1 aliphatic rings. The Balaban J connectivity index is 1.85. The van der Waals surface area contributed by atoms with Gasteiger partial charge < -0.3 is 15.0 Å². The van der Waals surface area contributed by atoms with Crippen LogP contribution in [0.5, 0.6) is 0 Å². The van der Waals surface area contributed by atoms with E-state index in [9.17, 15) is 14.4 Å². The third kappa shape index (κ3) is 4.36. The van der Waals surface area contributed by atoms with Crippen molar-refractivity contribution in [3.05, 3.63) is 50.9 Å². The molecule has 0 spiro atoms. The van der Waals surface area contributed by atoms with Crippen molar-refractivity contribution >= 4 is 45.7 Å². The second-order valence-electron chi connectivity index (χ2n) is 6.60. The lowest BCUT2D eigenvalue weighted by Crippen LogP contribution is -2.27. The van der Waals surface area contributed by atoms with Gasteiger partial charge in [-0.25, -0.2) is 4.79 Å². The number of carbonyl (C=O) groups excluding carboxylic acids is 3. The molecule has 0 bridgehead atoms. The number of rotatable bonds is 5. The van der Waals surface area contributed by atoms with Crippen LogP contribution in [0, 0.1) is 6.92 Å². The second-order valence-corrected chi connectivity index (χ2v) is 8.06. The smallest absolute Gasteiger partial charge is 0.341 e. The highest BCUT2D eigenvalue weighted by atomic mass is 35.5. The number of ether oxygens (including phenoxy) is 1. The molecule has 1 fully saturated rings. The van der Waals surface area contributed by atoms with E-state index in [2.05, 4.69) is 5.32 Å². The maximum atomic E-state index is 12.8. The number of amides is 2. The number of hydrogen-bond acceptors (Lipinski definition) is 5. The highest BCUT2D eigenvalue weighted by Crippen LogP contribution is 2.35. The SMILES string of the molecule is COC(=O)c1c(NC(=O)Cc2ccc(Cl)cc2)sc(C(=O)N2CCCC2)c1C. The maximum Gasteiger partial charge on any atom is 0.341 e. The molecule has 8 heteroatoms. The quantitative estimate of drug-likeness (QED) is 0.744. The summed E-state index contributed by atoms with van der Waals surface area (Å²) in [7, 11) is 1.28. The van der Waals surface area contributed by atoms with E-state index >= 15 is 0 Å². The summed E-state index contributed by atoms with van der Waals surface area (Å²) in [6.45, 7) is 3.13. The van der Waals surface area contributed by atoms with Gasteiger partial charge in [0.05, 0.1) is 24.0 Å². The van der Waals surface area contributed by atoms with E-state index in [-0.39, 0.29) is 23.8 Å². The molecule has 0 unspecified atom stereocenters. The molecule has 148 valence electrons. The van der Waals surface area contributed by atoms with Gasteiger partial charge in [-0.15, -0.1) is 11.3 Å². The molecule has 1 saturated heterocycles. The normalized spacial score (nSPS) is 13.5. The molecule has 2 aromatic rings. The topological polar surface area (TPSA) is 75.7 Å². The number of hydrogen-bond donors (Lipinski definition) is 1. The van der Waals surface area contributed by atoms with E-state index in [1.165, 1.54) is 7.11 Å². The molecule has 1 aliphatic heterocycles. The van der Waals surface area contributed by atoms with Gasteiger partial charge in [0.1, 0.15) is 5.00 Å². The molecule has 3 rings (SSSR count). The molecule has 0 radical (unpaired) electrons. The summed E-state index contributed by atoms with van der Waals surface area (Å²) in [5.74, 6) is -0.965. The molecule has 0 atom stereocenters. The number of thiophene rings is 1. The average Bonchev–Trinajstić information content (AvgIpc) is 3.31. The molecular weight excluding hydrogens is 400 g/mol. The predicted octanol–water partition coefficient (Wildman–Crippen LogP) is 3.91. The number of benzene rings is 1. The Morgan fingerprint density at radius 2 is 1.82 bits per heavy atom. The number of likely N-dealkylation sites (tertiary alicyclic amines) is 1. The highest BCUT2D eigenvalue weighted by molar-refractivity contribution is 7.18. The zero-order chi connectivity index (χ0) is 20.3. The van der Waals surface area contributed by atoms with E-state index in [1.807, 2.05) is 0 Å². The van der Waals surface area contributed by atoms with Crippen LogP contribution in [-0.4, -0.2) is 42.9 Å². The second kappa shape index (κ2) is 8.75. The molecule has 2 heterocycles. The summed E-state index contributed by atoms with van der Waals surface area (Å²) in [5, 5.41) is 3.70. The van der Waals surface area contributed by atoms with Crippen molar-refractivity contribution in [1.82, 2.24) is 4.90 Å². The number of esters is 1. The fraction of sp³-hybridized carbons (Fsp3) is 0.350. The van der Waals surface area contributed by atoms with E-state index in [0.717, 1.165) is 29.7 Å². The van der Waals surface area contributed by atoms with E-state index in [1.54, 1.807) is 36.1 Å². The van der Waals surface area contributed by atoms with Crippen molar-refractivity contribution in [2.24, 2.45) is 0 Å². The minimum atomic E-state index is -0.573. The first-order valence-electron chi connectivity index (χ1n) is 8.96. The van der Waals surface area contributed by atoms with Crippen molar-refractivity contribution in [3.63, 3.8) is 0 Å². The van der Waals surface area contributed by atoms with Crippen LogP contribution in [0.15, 0.2) is 24.3 Å². The summed E-state index contributed by atoms with van der Waals surface area (Å²) < 4.78 is 4.87. The van der Waals surface area contributed by atoms with E-state index < -0.39 is 5.97 Å². The van der Waals surface area contributed by atoms with Gasteiger partial charge in [-0.3, -0.25) is 9.59 Å². The van der Waals surface area contributed by atoms with E-state index in [4.69, 9.17) is 16.3 Å². The molecular formula is C20H21ClN2O4S. The van der Waals surface area contributed by atoms with Crippen molar-refractivity contribution in [2.45, 2.75) is 26.2 Å². The van der Waals surface area contributed by atoms with Crippen molar-refractivity contribution < 1.29 is 19.1 Å². The largest absolute Gasteiger partial charge is 0.465 e. The number of anilines is 1. The number of methoxy groups -OCH3 is 1.